The summed E-state index contributed by atoms with van der Waals surface area (Å²) in [6, 6.07) is 0. The molecule has 15 heavy (non-hydrogen) atoms. The van der Waals surface area contributed by atoms with Gasteiger partial charge in [-0.15, -0.1) is 0 Å². The van der Waals surface area contributed by atoms with E-state index in [1.54, 1.807) is 13.8 Å². The molecule has 0 aromatic rings. The first kappa shape index (κ1) is 12.9. The highest BCUT2D eigenvalue weighted by molar-refractivity contribution is 4.93. The van der Waals surface area contributed by atoms with Gasteiger partial charge in [0, 0.05) is 12.1 Å². The number of rotatable bonds is 4. The second-order valence-electron chi connectivity index (χ2n) is 5.81. The Kier molecular flexibility index (Phi) is 4.15. The summed E-state index contributed by atoms with van der Waals surface area (Å²) >= 11 is 0. The smallest absolute Gasteiger partial charge is 0.0715 e. The van der Waals surface area contributed by atoms with E-state index in [4.69, 9.17) is 0 Å². The maximum absolute atomic E-state index is 9.68. The van der Waals surface area contributed by atoms with Crippen LogP contribution in [0.25, 0.3) is 0 Å². The fraction of sp³-hybridized carbons (Fsp3) is 1.00. The van der Waals surface area contributed by atoms with E-state index in [9.17, 15) is 10.2 Å². The topological polar surface area (TPSA) is 52.5 Å². The molecule has 0 amide bonds. The van der Waals surface area contributed by atoms with E-state index >= 15 is 0 Å². The molecule has 0 spiro atoms. The van der Waals surface area contributed by atoms with Gasteiger partial charge >= 0.3 is 0 Å². The third-order valence-electron chi connectivity index (χ3n) is 3.29. The van der Waals surface area contributed by atoms with Crippen molar-refractivity contribution in [2.75, 3.05) is 13.2 Å². The van der Waals surface area contributed by atoms with Gasteiger partial charge in [0.25, 0.3) is 0 Å². The van der Waals surface area contributed by atoms with Crippen LogP contribution in [0.1, 0.15) is 46.5 Å². The minimum atomic E-state index is -0.706. The summed E-state index contributed by atoms with van der Waals surface area (Å²) in [5.74, 6) is 0.667. The van der Waals surface area contributed by atoms with Crippen molar-refractivity contribution in [1.29, 1.82) is 0 Å². The molecule has 0 bridgehead atoms. The number of aliphatic hydroxyl groups is 2. The standard InChI is InChI=1S/C12H25NO2/c1-10-5-4-6-12(7-10,9-14)13-8-11(2,3)15/h10,13-15H,4-9H2,1-3H3. The van der Waals surface area contributed by atoms with Gasteiger partial charge in [0.05, 0.1) is 12.2 Å². The Morgan fingerprint density at radius 1 is 1.47 bits per heavy atom. The van der Waals surface area contributed by atoms with Crippen LogP contribution in [0.2, 0.25) is 0 Å². The molecular formula is C12H25NO2. The maximum atomic E-state index is 9.68. The first-order valence-corrected chi connectivity index (χ1v) is 5.95. The second kappa shape index (κ2) is 4.81. The summed E-state index contributed by atoms with van der Waals surface area (Å²) in [6.07, 6.45) is 4.45. The molecule has 1 aliphatic carbocycles. The number of nitrogens with one attached hydrogen (secondary N) is 1. The monoisotopic (exact) mass is 215 g/mol. The van der Waals surface area contributed by atoms with Crippen molar-refractivity contribution in [2.24, 2.45) is 5.92 Å². The zero-order valence-electron chi connectivity index (χ0n) is 10.2. The molecule has 0 aliphatic heterocycles. The normalized spacial score (nSPS) is 33.0. The summed E-state index contributed by atoms with van der Waals surface area (Å²) < 4.78 is 0. The number of aliphatic hydroxyl groups excluding tert-OH is 1. The minimum absolute atomic E-state index is 0.155. The fourth-order valence-electron chi connectivity index (χ4n) is 2.42. The predicted molar refractivity (Wildman–Crippen MR) is 61.7 cm³/mol. The molecule has 90 valence electrons. The predicted octanol–water partition coefficient (Wildman–Crippen LogP) is 1.29. The minimum Gasteiger partial charge on any atom is -0.394 e. The molecule has 1 fully saturated rings. The van der Waals surface area contributed by atoms with Crippen LogP contribution < -0.4 is 5.32 Å². The molecule has 3 nitrogen and oxygen atoms in total. The molecule has 0 aromatic carbocycles. The van der Waals surface area contributed by atoms with Gasteiger partial charge in [-0.25, -0.2) is 0 Å². The Morgan fingerprint density at radius 2 is 2.13 bits per heavy atom. The van der Waals surface area contributed by atoms with Gasteiger partial charge in [-0.1, -0.05) is 19.8 Å². The molecule has 1 rings (SSSR count). The van der Waals surface area contributed by atoms with E-state index < -0.39 is 5.60 Å². The third-order valence-corrected chi connectivity index (χ3v) is 3.29. The molecule has 2 unspecified atom stereocenters. The van der Waals surface area contributed by atoms with E-state index in [2.05, 4.69) is 12.2 Å². The van der Waals surface area contributed by atoms with Crippen molar-refractivity contribution in [3.05, 3.63) is 0 Å². The summed E-state index contributed by atoms with van der Waals surface area (Å²) in [5.41, 5.74) is -0.861. The zero-order chi connectivity index (χ0) is 11.5. The van der Waals surface area contributed by atoms with E-state index in [0.717, 1.165) is 12.8 Å². The van der Waals surface area contributed by atoms with Crippen LogP contribution in [-0.2, 0) is 0 Å². The van der Waals surface area contributed by atoms with Crippen LogP contribution in [0.4, 0.5) is 0 Å². The van der Waals surface area contributed by atoms with E-state index in [-0.39, 0.29) is 12.1 Å². The molecule has 0 aromatic heterocycles. The van der Waals surface area contributed by atoms with Gasteiger partial charge in [0.2, 0.25) is 0 Å². The highest BCUT2D eigenvalue weighted by atomic mass is 16.3. The molecule has 2 atom stereocenters. The Morgan fingerprint density at radius 3 is 2.60 bits per heavy atom. The highest BCUT2D eigenvalue weighted by Crippen LogP contribution is 2.32. The molecule has 1 aliphatic rings. The first-order valence-electron chi connectivity index (χ1n) is 5.95. The lowest BCUT2D eigenvalue weighted by Gasteiger charge is -2.41. The summed E-state index contributed by atoms with van der Waals surface area (Å²) in [5, 5.41) is 22.5. The third kappa shape index (κ3) is 4.09. The second-order valence-corrected chi connectivity index (χ2v) is 5.81. The van der Waals surface area contributed by atoms with E-state index in [1.165, 1.54) is 12.8 Å². The Bertz CT molecular complexity index is 200. The first-order chi connectivity index (χ1) is 6.87. The Balaban J connectivity index is 2.52. The Hall–Kier alpha value is -0.120. The van der Waals surface area contributed by atoms with Gasteiger partial charge in [-0.2, -0.15) is 0 Å². The SMILES string of the molecule is CC1CCCC(CO)(NCC(C)(C)O)C1. The van der Waals surface area contributed by atoms with Crippen LogP contribution >= 0.6 is 0 Å². The van der Waals surface area contributed by atoms with Gasteiger partial charge in [-0.3, -0.25) is 0 Å². The average Bonchev–Trinajstić information content (AvgIpc) is 2.14. The number of hydrogen-bond acceptors (Lipinski definition) is 3. The molecule has 0 heterocycles. The largest absolute Gasteiger partial charge is 0.394 e. The lowest BCUT2D eigenvalue weighted by atomic mass is 9.76. The van der Waals surface area contributed by atoms with Gasteiger partial charge in [0.15, 0.2) is 0 Å². The summed E-state index contributed by atoms with van der Waals surface area (Å²) in [4.78, 5) is 0. The van der Waals surface area contributed by atoms with Crippen LogP contribution in [0.5, 0.6) is 0 Å². The molecule has 0 radical (unpaired) electrons. The van der Waals surface area contributed by atoms with Gasteiger partial charge < -0.3 is 15.5 Å². The van der Waals surface area contributed by atoms with Crippen molar-refractivity contribution in [2.45, 2.75) is 57.6 Å². The molecular weight excluding hydrogens is 190 g/mol. The van der Waals surface area contributed by atoms with Crippen molar-refractivity contribution >= 4 is 0 Å². The van der Waals surface area contributed by atoms with Crippen LogP contribution in [-0.4, -0.2) is 34.5 Å². The van der Waals surface area contributed by atoms with E-state index in [0.29, 0.717) is 12.5 Å². The van der Waals surface area contributed by atoms with Crippen molar-refractivity contribution in [1.82, 2.24) is 5.32 Å². The molecule has 3 N–H and O–H groups in total. The number of hydrogen-bond donors (Lipinski definition) is 3. The molecule has 3 heteroatoms. The average molecular weight is 215 g/mol. The lowest BCUT2D eigenvalue weighted by Crippen LogP contribution is -2.55. The van der Waals surface area contributed by atoms with Crippen molar-refractivity contribution < 1.29 is 10.2 Å². The van der Waals surface area contributed by atoms with Crippen LogP contribution in [0.15, 0.2) is 0 Å². The zero-order valence-corrected chi connectivity index (χ0v) is 10.2. The van der Waals surface area contributed by atoms with Crippen LogP contribution in [0.3, 0.4) is 0 Å². The Labute approximate surface area is 92.9 Å². The van der Waals surface area contributed by atoms with Gasteiger partial charge in [0.1, 0.15) is 0 Å². The number of β-amino-alcohol motifs (C(OH)–C–C–N with tert-alkyl or cyclic N) is 1. The lowest BCUT2D eigenvalue weighted by molar-refractivity contribution is 0.0414. The maximum Gasteiger partial charge on any atom is 0.0715 e. The van der Waals surface area contributed by atoms with Crippen LogP contribution in [0, 0.1) is 5.92 Å². The molecule has 1 saturated carbocycles. The van der Waals surface area contributed by atoms with Gasteiger partial charge in [-0.05, 0) is 32.6 Å². The fourth-order valence-corrected chi connectivity index (χ4v) is 2.42. The summed E-state index contributed by atoms with van der Waals surface area (Å²) in [7, 11) is 0. The summed E-state index contributed by atoms with van der Waals surface area (Å²) in [6.45, 7) is 6.53. The van der Waals surface area contributed by atoms with Crippen molar-refractivity contribution in [3.8, 4) is 0 Å². The van der Waals surface area contributed by atoms with E-state index in [1.807, 2.05) is 0 Å². The highest BCUT2D eigenvalue weighted by Gasteiger charge is 2.34. The van der Waals surface area contributed by atoms with Crippen molar-refractivity contribution in [3.63, 3.8) is 0 Å². The quantitative estimate of drug-likeness (QED) is 0.662. The molecule has 0 saturated heterocycles.